The van der Waals surface area contributed by atoms with Crippen LogP contribution < -0.4 is 5.32 Å². The number of hydrogen-bond acceptors (Lipinski definition) is 3. The minimum absolute atomic E-state index is 0.0768. The van der Waals surface area contributed by atoms with Gasteiger partial charge < -0.3 is 10.2 Å². The molecule has 0 saturated heterocycles. The number of thioether (sulfide) groups is 1. The lowest BCUT2D eigenvalue weighted by molar-refractivity contribution is -0.139. The number of aryl methyl sites for hydroxylation is 1. The quantitative estimate of drug-likeness (QED) is 0.354. The van der Waals surface area contributed by atoms with Crippen molar-refractivity contribution < 1.29 is 9.59 Å². The second-order valence-corrected chi connectivity index (χ2v) is 9.57. The molecule has 0 spiro atoms. The second kappa shape index (κ2) is 13.8. The highest BCUT2D eigenvalue weighted by Crippen LogP contribution is 2.25. The number of unbranched alkanes of at least 4 members (excludes halogenated alkanes) is 1. The third-order valence-electron chi connectivity index (χ3n) is 5.32. The average Bonchev–Trinajstić information content (AvgIpc) is 2.76. The Labute approximate surface area is 206 Å². The maximum atomic E-state index is 13.3. The monoisotopic (exact) mass is 494 g/mol. The number of amides is 2. The molecule has 2 rings (SSSR count). The Morgan fingerprint density at radius 3 is 2.50 bits per heavy atom. The molecule has 0 fully saturated rings. The predicted octanol–water partition coefficient (Wildman–Crippen LogP) is 6.26. The van der Waals surface area contributed by atoms with Crippen molar-refractivity contribution in [1.29, 1.82) is 0 Å². The van der Waals surface area contributed by atoms with E-state index in [-0.39, 0.29) is 24.1 Å². The van der Waals surface area contributed by atoms with Crippen molar-refractivity contribution in [1.82, 2.24) is 10.2 Å². The van der Waals surface area contributed by atoms with Gasteiger partial charge in [0.05, 0.1) is 5.75 Å². The van der Waals surface area contributed by atoms with Crippen LogP contribution in [-0.4, -0.2) is 35.1 Å². The minimum atomic E-state index is -0.551. The van der Waals surface area contributed by atoms with Gasteiger partial charge in [0, 0.05) is 28.9 Å². The second-order valence-electron chi connectivity index (χ2n) is 7.75. The number of rotatable bonds is 12. The van der Waals surface area contributed by atoms with Crippen LogP contribution in [-0.2, 0) is 21.9 Å². The van der Waals surface area contributed by atoms with Crippen molar-refractivity contribution in [3.8, 4) is 0 Å². The zero-order valence-electron chi connectivity index (χ0n) is 19.0. The molecule has 0 aliphatic heterocycles. The number of carbonyl (C=O) groups excluding carboxylic acids is 2. The summed E-state index contributed by atoms with van der Waals surface area (Å²) in [5.74, 6) is 0.835. The average molecular weight is 496 g/mol. The van der Waals surface area contributed by atoms with Gasteiger partial charge in [0.25, 0.3) is 0 Å². The first-order valence-electron chi connectivity index (χ1n) is 11.0. The lowest BCUT2D eigenvalue weighted by atomic mass is 10.1. The first kappa shape index (κ1) is 26.6. The Morgan fingerprint density at radius 1 is 1.09 bits per heavy atom. The molecular formula is C25H32Cl2N2O2S. The van der Waals surface area contributed by atoms with E-state index in [1.165, 1.54) is 11.1 Å². The highest BCUT2D eigenvalue weighted by molar-refractivity contribution is 7.99. The lowest BCUT2D eigenvalue weighted by Gasteiger charge is -2.31. The van der Waals surface area contributed by atoms with Crippen LogP contribution in [0.4, 0.5) is 0 Å². The van der Waals surface area contributed by atoms with Crippen LogP contribution in [0.25, 0.3) is 0 Å². The van der Waals surface area contributed by atoms with Crippen molar-refractivity contribution in [3.05, 3.63) is 69.2 Å². The van der Waals surface area contributed by atoms with Gasteiger partial charge in [-0.3, -0.25) is 9.59 Å². The molecule has 0 aromatic heterocycles. The van der Waals surface area contributed by atoms with E-state index in [2.05, 4.69) is 31.3 Å². The van der Waals surface area contributed by atoms with Crippen molar-refractivity contribution >= 4 is 46.8 Å². The molecule has 2 aromatic rings. The van der Waals surface area contributed by atoms with Gasteiger partial charge in [-0.25, -0.2) is 0 Å². The van der Waals surface area contributed by atoms with Crippen LogP contribution in [0.2, 0.25) is 10.0 Å². The molecule has 7 heteroatoms. The molecule has 0 aliphatic carbocycles. The van der Waals surface area contributed by atoms with Crippen molar-refractivity contribution in [2.24, 2.45) is 0 Å². The van der Waals surface area contributed by atoms with Gasteiger partial charge in [-0.2, -0.15) is 0 Å². The van der Waals surface area contributed by atoms with E-state index in [1.807, 2.05) is 25.1 Å². The fourth-order valence-corrected chi connectivity index (χ4v) is 4.82. The third-order valence-corrected chi connectivity index (χ3v) is 6.87. The summed E-state index contributed by atoms with van der Waals surface area (Å²) in [6.45, 7) is 6.94. The fraction of sp³-hybridized carbons (Fsp3) is 0.440. The first-order chi connectivity index (χ1) is 15.4. The van der Waals surface area contributed by atoms with Gasteiger partial charge in [-0.1, -0.05) is 73.8 Å². The Balaban J connectivity index is 2.16. The standard InChI is InChI=1S/C25H32Cl2N2O2S/c1-4-6-13-28-25(31)23(5-2)29(15-19-11-12-21(26)14-22(19)27)24(30)17-32-16-20-10-8-7-9-18(20)3/h7-12,14,23H,4-6,13,15-17H2,1-3H3,(H,28,31)/t23-/m0/s1. The van der Waals surface area contributed by atoms with Gasteiger partial charge in [0.15, 0.2) is 0 Å². The van der Waals surface area contributed by atoms with Crippen LogP contribution in [0, 0.1) is 6.92 Å². The van der Waals surface area contributed by atoms with Crippen LogP contribution in [0.15, 0.2) is 42.5 Å². The minimum Gasteiger partial charge on any atom is -0.354 e. The van der Waals surface area contributed by atoms with Crippen molar-refractivity contribution in [2.75, 3.05) is 12.3 Å². The molecule has 0 heterocycles. The molecule has 2 aromatic carbocycles. The molecule has 0 bridgehead atoms. The van der Waals surface area contributed by atoms with E-state index >= 15 is 0 Å². The number of hydrogen-bond donors (Lipinski definition) is 1. The Morgan fingerprint density at radius 2 is 1.84 bits per heavy atom. The SMILES string of the molecule is CCCCNC(=O)[C@H](CC)N(Cc1ccc(Cl)cc1Cl)C(=O)CSCc1ccccc1C. The van der Waals surface area contributed by atoms with E-state index in [0.717, 1.165) is 24.2 Å². The normalized spacial score (nSPS) is 11.8. The van der Waals surface area contributed by atoms with Crippen molar-refractivity contribution in [2.45, 2.75) is 58.4 Å². The molecule has 32 heavy (non-hydrogen) atoms. The van der Waals surface area contributed by atoms with Gasteiger partial charge in [0.1, 0.15) is 6.04 Å². The molecule has 174 valence electrons. The maximum Gasteiger partial charge on any atom is 0.242 e. The van der Waals surface area contributed by atoms with E-state index in [1.54, 1.807) is 28.8 Å². The van der Waals surface area contributed by atoms with E-state index < -0.39 is 6.04 Å². The molecule has 1 N–H and O–H groups in total. The summed E-state index contributed by atoms with van der Waals surface area (Å²) in [5.41, 5.74) is 3.19. The van der Waals surface area contributed by atoms with E-state index in [0.29, 0.717) is 23.0 Å². The molecule has 0 radical (unpaired) electrons. The fourth-order valence-electron chi connectivity index (χ4n) is 3.36. The van der Waals surface area contributed by atoms with Crippen LogP contribution in [0.5, 0.6) is 0 Å². The maximum absolute atomic E-state index is 13.3. The molecule has 0 saturated carbocycles. The van der Waals surface area contributed by atoms with Gasteiger partial charge in [0.2, 0.25) is 11.8 Å². The molecular weight excluding hydrogens is 463 g/mol. The van der Waals surface area contributed by atoms with Gasteiger partial charge >= 0.3 is 0 Å². The zero-order chi connectivity index (χ0) is 23.5. The van der Waals surface area contributed by atoms with Crippen LogP contribution >= 0.6 is 35.0 Å². The summed E-state index contributed by atoms with van der Waals surface area (Å²) in [5, 5.41) is 4.00. The predicted molar refractivity (Wildman–Crippen MR) is 136 cm³/mol. The lowest BCUT2D eigenvalue weighted by Crippen LogP contribution is -2.49. The smallest absolute Gasteiger partial charge is 0.242 e. The largest absolute Gasteiger partial charge is 0.354 e. The van der Waals surface area contributed by atoms with Gasteiger partial charge in [-0.15, -0.1) is 11.8 Å². The Hall–Kier alpha value is -1.69. The molecule has 0 unspecified atom stereocenters. The Kier molecular flexibility index (Phi) is 11.4. The molecule has 4 nitrogen and oxygen atoms in total. The topological polar surface area (TPSA) is 49.4 Å². The number of nitrogens with zero attached hydrogens (tertiary/aromatic N) is 1. The van der Waals surface area contributed by atoms with E-state index in [9.17, 15) is 9.59 Å². The first-order valence-corrected chi connectivity index (χ1v) is 12.9. The van der Waals surface area contributed by atoms with Crippen molar-refractivity contribution in [3.63, 3.8) is 0 Å². The highest BCUT2D eigenvalue weighted by Gasteiger charge is 2.28. The summed E-state index contributed by atoms with van der Waals surface area (Å²) < 4.78 is 0. The summed E-state index contributed by atoms with van der Waals surface area (Å²) in [6, 6.07) is 12.8. The zero-order valence-corrected chi connectivity index (χ0v) is 21.3. The van der Waals surface area contributed by atoms with Crippen LogP contribution in [0.3, 0.4) is 0 Å². The summed E-state index contributed by atoms with van der Waals surface area (Å²) in [6.07, 6.45) is 2.43. The van der Waals surface area contributed by atoms with Crippen LogP contribution in [0.1, 0.15) is 49.8 Å². The molecule has 0 aliphatic rings. The highest BCUT2D eigenvalue weighted by atomic mass is 35.5. The summed E-state index contributed by atoms with van der Waals surface area (Å²) in [7, 11) is 0. The third kappa shape index (κ3) is 8.02. The number of benzene rings is 2. The van der Waals surface area contributed by atoms with E-state index in [4.69, 9.17) is 23.2 Å². The van der Waals surface area contributed by atoms with Gasteiger partial charge in [-0.05, 0) is 48.6 Å². The summed E-state index contributed by atoms with van der Waals surface area (Å²) in [4.78, 5) is 27.8. The summed E-state index contributed by atoms with van der Waals surface area (Å²) >= 11 is 14.0. The number of carbonyl (C=O) groups is 2. The molecule has 2 amide bonds. The number of nitrogens with one attached hydrogen (secondary N) is 1. The molecule has 1 atom stereocenters. The number of halogens is 2. The Bertz CT molecular complexity index is 907.